The van der Waals surface area contributed by atoms with Gasteiger partial charge >= 0.3 is 0 Å². The van der Waals surface area contributed by atoms with Crippen LogP contribution in [0.2, 0.25) is 5.02 Å². The molecule has 3 N–H and O–H groups in total. The van der Waals surface area contributed by atoms with Crippen molar-refractivity contribution in [1.82, 2.24) is 14.9 Å². The summed E-state index contributed by atoms with van der Waals surface area (Å²) < 4.78 is 6.67. The molecule has 192 valence electrons. The highest BCUT2D eigenvalue weighted by atomic mass is 35.5. The van der Waals surface area contributed by atoms with Crippen molar-refractivity contribution in [3.05, 3.63) is 56.3 Å². The molecule has 1 aliphatic carbocycles. The summed E-state index contributed by atoms with van der Waals surface area (Å²) in [4.78, 5) is 14.2. The number of thioether (sulfide) groups is 1. The van der Waals surface area contributed by atoms with E-state index in [4.69, 9.17) is 43.3 Å². The highest BCUT2D eigenvalue weighted by Gasteiger charge is 2.45. The highest BCUT2D eigenvalue weighted by molar-refractivity contribution is 7.98. The van der Waals surface area contributed by atoms with Crippen molar-refractivity contribution in [2.24, 2.45) is 0 Å². The van der Waals surface area contributed by atoms with Gasteiger partial charge in [-0.25, -0.2) is 9.97 Å². The van der Waals surface area contributed by atoms with E-state index in [9.17, 15) is 0 Å². The third kappa shape index (κ3) is 4.91. The third-order valence-corrected chi connectivity index (χ3v) is 8.64. The first kappa shape index (κ1) is 25.9. The van der Waals surface area contributed by atoms with Crippen LogP contribution >= 0.6 is 35.0 Å². The first-order chi connectivity index (χ1) is 17.3. The monoisotopic (exact) mass is 547 g/mol. The zero-order valence-electron chi connectivity index (χ0n) is 21.0. The zero-order valence-corrected chi connectivity index (χ0v) is 23.4. The number of nitrogens with one attached hydrogen (secondary N) is 1. The summed E-state index contributed by atoms with van der Waals surface area (Å²) in [5.74, 6) is 0.930. The average molecular weight is 549 g/mol. The molecule has 1 aromatic heterocycles. The van der Waals surface area contributed by atoms with Crippen molar-refractivity contribution < 1.29 is 10.1 Å². The van der Waals surface area contributed by atoms with Gasteiger partial charge in [-0.05, 0) is 50.4 Å². The fraction of sp³-hybridized carbons (Fsp3) is 0.500. The summed E-state index contributed by atoms with van der Waals surface area (Å²) >= 11 is 14.8. The fourth-order valence-corrected chi connectivity index (χ4v) is 6.38. The normalized spacial score (nSPS) is 23.0. The van der Waals surface area contributed by atoms with Gasteiger partial charge in [0.15, 0.2) is 5.16 Å². The zero-order chi connectivity index (χ0) is 25.4. The maximum Gasteiger partial charge on any atom is 0.189 e. The van der Waals surface area contributed by atoms with Gasteiger partial charge in [0, 0.05) is 36.5 Å². The molecule has 0 saturated carbocycles. The third-order valence-electron chi connectivity index (χ3n) is 7.27. The molecule has 5 rings (SSSR count). The number of nitrogens with zero attached hydrogens (tertiary/aromatic N) is 4. The van der Waals surface area contributed by atoms with Crippen molar-refractivity contribution in [3.8, 4) is 0 Å². The van der Waals surface area contributed by atoms with Crippen LogP contribution < -0.4 is 10.2 Å². The molecule has 1 aromatic carbocycles. The molecular formula is C26H33Cl2N6OS+. The van der Waals surface area contributed by atoms with Crippen molar-refractivity contribution in [2.75, 3.05) is 51.4 Å². The van der Waals surface area contributed by atoms with E-state index in [0.29, 0.717) is 30.4 Å². The summed E-state index contributed by atoms with van der Waals surface area (Å²) in [6.45, 7) is 3.39. The van der Waals surface area contributed by atoms with Crippen molar-refractivity contribution in [2.45, 2.75) is 43.0 Å². The Labute approximate surface area is 227 Å². The predicted octanol–water partition coefficient (Wildman–Crippen LogP) is 3.57. The Bertz CT molecular complexity index is 1220. The lowest BCUT2D eigenvalue weighted by Gasteiger charge is -2.37. The first-order valence-corrected chi connectivity index (χ1v) is 14.3. The van der Waals surface area contributed by atoms with Crippen LogP contribution in [-0.4, -0.2) is 67.1 Å². The van der Waals surface area contributed by atoms with Gasteiger partial charge in [0.25, 0.3) is 0 Å². The van der Waals surface area contributed by atoms with Gasteiger partial charge in [-0.2, -0.15) is 0 Å². The minimum atomic E-state index is -0.378. The topological polar surface area (TPSA) is 82.0 Å². The number of aromatic nitrogens is 2. The van der Waals surface area contributed by atoms with E-state index in [1.807, 2.05) is 37.4 Å². The summed E-state index contributed by atoms with van der Waals surface area (Å²) in [6, 6.07) is 6.14. The van der Waals surface area contributed by atoms with Crippen LogP contribution in [0.4, 0.5) is 5.82 Å². The Kier molecular flexibility index (Phi) is 7.64. The smallest absolute Gasteiger partial charge is 0.189 e. The molecule has 36 heavy (non-hydrogen) atoms. The molecule has 1 fully saturated rings. The SMILES string of the molecule is CSc1nc2c(c(N3CCC[NH2+]/C(=C(/Cl)C(=N)CN(C)C)C3)n1)CO[C@@]1(CCc3c(Cl)cccc31)C2. The van der Waals surface area contributed by atoms with Crippen LogP contribution in [0.3, 0.4) is 0 Å². The fourth-order valence-electron chi connectivity index (χ4n) is 5.54. The Morgan fingerprint density at radius 1 is 1.31 bits per heavy atom. The number of halogens is 2. The lowest BCUT2D eigenvalue weighted by Crippen LogP contribution is -2.83. The molecule has 2 aliphatic heterocycles. The van der Waals surface area contributed by atoms with Crippen LogP contribution in [0.5, 0.6) is 0 Å². The molecule has 1 saturated heterocycles. The number of anilines is 1. The molecule has 0 radical (unpaired) electrons. The van der Waals surface area contributed by atoms with Gasteiger partial charge < -0.3 is 25.3 Å². The second-order valence-electron chi connectivity index (χ2n) is 10.0. The molecule has 3 aliphatic rings. The molecule has 7 nitrogen and oxygen atoms in total. The molecule has 0 bridgehead atoms. The molecule has 0 unspecified atom stereocenters. The van der Waals surface area contributed by atoms with Crippen molar-refractivity contribution >= 4 is 46.5 Å². The number of ether oxygens (including phenoxy) is 1. The van der Waals surface area contributed by atoms with Gasteiger partial charge in [-0.1, -0.05) is 47.1 Å². The van der Waals surface area contributed by atoms with Crippen LogP contribution in [-0.2, 0) is 29.8 Å². The predicted molar refractivity (Wildman–Crippen MR) is 147 cm³/mol. The molecule has 2 aromatic rings. The molecule has 0 amide bonds. The summed E-state index contributed by atoms with van der Waals surface area (Å²) in [5.41, 5.74) is 5.58. The number of hydrogen-bond donors (Lipinski definition) is 2. The van der Waals surface area contributed by atoms with E-state index in [0.717, 1.165) is 71.7 Å². The summed E-state index contributed by atoms with van der Waals surface area (Å²) in [5, 5.41) is 12.8. The van der Waals surface area contributed by atoms with Crippen LogP contribution in [0.25, 0.3) is 0 Å². The number of benzene rings is 1. The quantitative estimate of drug-likeness (QED) is 0.338. The first-order valence-electron chi connectivity index (χ1n) is 12.4. The lowest BCUT2D eigenvalue weighted by molar-refractivity contribution is -0.605. The number of rotatable bonds is 5. The van der Waals surface area contributed by atoms with Crippen LogP contribution in [0.1, 0.15) is 35.2 Å². The molecular weight excluding hydrogens is 515 g/mol. The Morgan fingerprint density at radius 3 is 2.92 bits per heavy atom. The minimum absolute atomic E-state index is 0.378. The maximum absolute atomic E-state index is 8.46. The Balaban J connectivity index is 1.50. The van der Waals surface area contributed by atoms with E-state index < -0.39 is 0 Å². The maximum atomic E-state index is 8.46. The van der Waals surface area contributed by atoms with Crippen molar-refractivity contribution in [1.29, 1.82) is 5.41 Å². The lowest BCUT2D eigenvalue weighted by atomic mass is 9.87. The Hall–Kier alpha value is -1.68. The van der Waals surface area contributed by atoms with Gasteiger partial charge in [0.1, 0.15) is 16.5 Å². The van der Waals surface area contributed by atoms with Gasteiger partial charge in [-0.3, -0.25) is 0 Å². The van der Waals surface area contributed by atoms with E-state index in [2.05, 4.69) is 16.3 Å². The molecule has 1 atom stereocenters. The summed E-state index contributed by atoms with van der Waals surface area (Å²) in [7, 11) is 3.90. The van der Waals surface area contributed by atoms with Gasteiger partial charge in [0.2, 0.25) is 0 Å². The standard InChI is InChI=1S/C26H32Cl2N6OS/c1-33(2)13-20(29)23(28)22-14-34(11-5-10-30-22)24-17-15-35-26(12-21(17)31-25(32-24)36-3)9-8-16-18(26)6-4-7-19(16)27/h4,6-7,29-30H,5,8-15H2,1-3H3/p+1/b23-22+,29-20?/t26-/m0/s1. The second kappa shape index (κ2) is 10.6. The van der Waals surface area contributed by atoms with Crippen molar-refractivity contribution in [3.63, 3.8) is 0 Å². The number of quaternary nitrogens is 1. The largest absolute Gasteiger partial charge is 0.365 e. The molecule has 1 spiro atoms. The minimum Gasteiger partial charge on any atom is -0.365 e. The van der Waals surface area contributed by atoms with Crippen LogP contribution in [0, 0.1) is 5.41 Å². The van der Waals surface area contributed by atoms with Gasteiger partial charge in [0.05, 0.1) is 36.7 Å². The second-order valence-corrected chi connectivity index (χ2v) is 11.6. The van der Waals surface area contributed by atoms with E-state index in [-0.39, 0.29) is 5.60 Å². The van der Waals surface area contributed by atoms with E-state index >= 15 is 0 Å². The Morgan fingerprint density at radius 2 is 2.14 bits per heavy atom. The highest BCUT2D eigenvalue weighted by Crippen LogP contribution is 2.48. The molecule has 10 heteroatoms. The number of fused-ring (bicyclic) bond motifs is 3. The van der Waals surface area contributed by atoms with Gasteiger partial charge in [-0.15, -0.1) is 0 Å². The number of hydrogen-bond acceptors (Lipinski definition) is 7. The van der Waals surface area contributed by atoms with E-state index in [1.54, 1.807) is 11.8 Å². The average Bonchev–Trinajstić information content (AvgIpc) is 3.04. The molecule has 3 heterocycles. The summed E-state index contributed by atoms with van der Waals surface area (Å²) in [6.07, 6.45) is 5.57. The van der Waals surface area contributed by atoms with Crippen LogP contribution in [0.15, 0.2) is 34.1 Å². The van der Waals surface area contributed by atoms with E-state index in [1.165, 1.54) is 11.1 Å². The number of nitrogens with two attached hydrogens (primary N) is 1.